The van der Waals surface area contributed by atoms with Crippen LogP contribution in [0.1, 0.15) is 5.56 Å². The Morgan fingerprint density at radius 1 is 1.47 bits per heavy atom. The van der Waals surface area contributed by atoms with Gasteiger partial charge in [-0.3, -0.25) is 10.1 Å². The van der Waals surface area contributed by atoms with Crippen molar-refractivity contribution in [1.29, 1.82) is 0 Å². The summed E-state index contributed by atoms with van der Waals surface area (Å²) in [5.41, 5.74) is 0.953. The highest BCUT2D eigenvalue weighted by atomic mass is 79.9. The van der Waals surface area contributed by atoms with Crippen LogP contribution in [0.15, 0.2) is 47.2 Å². The lowest BCUT2D eigenvalue weighted by Gasteiger charge is -1.96. The standard InChI is InChI=1S/C12H10BrN3O/c13-10-3-1-2-9(8-10)4-5-11(17)16-12-14-6-7-15-12/h1-8H,(H2,14,15,16,17)/b5-4+. The number of carbonyl (C=O) groups is 1. The zero-order valence-corrected chi connectivity index (χ0v) is 10.4. The third-order valence-electron chi connectivity index (χ3n) is 2.02. The molecule has 0 spiro atoms. The number of anilines is 1. The van der Waals surface area contributed by atoms with Crippen molar-refractivity contribution in [2.24, 2.45) is 0 Å². The number of hydrogen-bond acceptors (Lipinski definition) is 2. The lowest BCUT2D eigenvalue weighted by molar-refractivity contribution is -0.111. The van der Waals surface area contributed by atoms with E-state index in [0.717, 1.165) is 10.0 Å². The number of aromatic amines is 1. The van der Waals surface area contributed by atoms with Crippen LogP contribution >= 0.6 is 15.9 Å². The molecule has 0 saturated heterocycles. The van der Waals surface area contributed by atoms with E-state index in [4.69, 9.17) is 0 Å². The van der Waals surface area contributed by atoms with E-state index in [1.165, 1.54) is 6.08 Å². The molecule has 0 aliphatic rings. The number of aromatic nitrogens is 2. The number of halogens is 1. The molecule has 1 aromatic carbocycles. The van der Waals surface area contributed by atoms with E-state index < -0.39 is 0 Å². The van der Waals surface area contributed by atoms with Crippen LogP contribution in [0, 0.1) is 0 Å². The van der Waals surface area contributed by atoms with Gasteiger partial charge in [0.1, 0.15) is 0 Å². The topological polar surface area (TPSA) is 57.8 Å². The molecule has 0 bridgehead atoms. The fraction of sp³-hybridized carbons (Fsp3) is 0. The molecule has 0 unspecified atom stereocenters. The Morgan fingerprint density at radius 2 is 2.35 bits per heavy atom. The van der Waals surface area contributed by atoms with E-state index in [1.54, 1.807) is 18.5 Å². The van der Waals surface area contributed by atoms with E-state index in [0.29, 0.717) is 5.95 Å². The highest BCUT2D eigenvalue weighted by Gasteiger charge is 1.98. The van der Waals surface area contributed by atoms with Crippen LogP contribution in [-0.2, 0) is 4.79 Å². The average Bonchev–Trinajstić information content (AvgIpc) is 2.79. The van der Waals surface area contributed by atoms with Crippen molar-refractivity contribution < 1.29 is 4.79 Å². The molecular weight excluding hydrogens is 282 g/mol. The molecule has 4 nitrogen and oxygen atoms in total. The molecule has 0 aliphatic carbocycles. The number of carbonyl (C=O) groups excluding carboxylic acids is 1. The van der Waals surface area contributed by atoms with E-state index in [2.05, 4.69) is 31.2 Å². The SMILES string of the molecule is O=C(/C=C/c1cccc(Br)c1)Nc1ncc[nH]1. The van der Waals surface area contributed by atoms with Gasteiger partial charge >= 0.3 is 0 Å². The Kier molecular flexibility index (Phi) is 3.72. The van der Waals surface area contributed by atoms with Crippen molar-refractivity contribution in [3.63, 3.8) is 0 Å². The second-order valence-corrected chi connectivity index (χ2v) is 4.23. The van der Waals surface area contributed by atoms with Crippen molar-refractivity contribution in [2.75, 3.05) is 5.32 Å². The van der Waals surface area contributed by atoms with Gasteiger partial charge < -0.3 is 4.98 Å². The second-order valence-electron chi connectivity index (χ2n) is 3.32. The summed E-state index contributed by atoms with van der Waals surface area (Å²) in [4.78, 5) is 18.2. The summed E-state index contributed by atoms with van der Waals surface area (Å²) in [7, 11) is 0. The lowest BCUT2D eigenvalue weighted by atomic mass is 10.2. The molecular formula is C12H10BrN3O. The van der Waals surface area contributed by atoms with Gasteiger partial charge in [0.2, 0.25) is 5.95 Å². The summed E-state index contributed by atoms with van der Waals surface area (Å²) in [6.45, 7) is 0. The molecule has 1 heterocycles. The van der Waals surface area contributed by atoms with Crippen molar-refractivity contribution >= 4 is 33.9 Å². The van der Waals surface area contributed by atoms with E-state index in [9.17, 15) is 4.79 Å². The molecule has 2 rings (SSSR count). The van der Waals surface area contributed by atoms with E-state index in [-0.39, 0.29) is 5.91 Å². The third-order valence-corrected chi connectivity index (χ3v) is 2.51. The van der Waals surface area contributed by atoms with Gasteiger partial charge in [-0.1, -0.05) is 28.1 Å². The first-order chi connectivity index (χ1) is 8.24. The first-order valence-corrected chi connectivity index (χ1v) is 5.77. The number of nitrogens with zero attached hydrogens (tertiary/aromatic N) is 1. The number of benzene rings is 1. The van der Waals surface area contributed by atoms with Gasteiger partial charge in [0.15, 0.2) is 0 Å². The fourth-order valence-electron chi connectivity index (χ4n) is 1.27. The van der Waals surface area contributed by atoms with Crippen LogP contribution < -0.4 is 5.32 Å². The Labute approximate surface area is 107 Å². The molecule has 2 N–H and O–H groups in total. The van der Waals surface area contributed by atoms with Gasteiger partial charge in [-0.2, -0.15) is 0 Å². The largest absolute Gasteiger partial charge is 0.331 e. The average molecular weight is 292 g/mol. The Hall–Kier alpha value is -1.88. The molecule has 1 aromatic heterocycles. The van der Waals surface area contributed by atoms with Gasteiger partial charge in [-0.15, -0.1) is 0 Å². The molecule has 5 heteroatoms. The summed E-state index contributed by atoms with van der Waals surface area (Å²) >= 11 is 3.37. The van der Waals surface area contributed by atoms with Gasteiger partial charge in [0.25, 0.3) is 5.91 Å². The highest BCUT2D eigenvalue weighted by molar-refractivity contribution is 9.10. The quantitative estimate of drug-likeness (QED) is 0.855. The smallest absolute Gasteiger partial charge is 0.250 e. The highest BCUT2D eigenvalue weighted by Crippen LogP contribution is 2.12. The summed E-state index contributed by atoms with van der Waals surface area (Å²) in [6.07, 6.45) is 6.43. The number of rotatable bonds is 3. The molecule has 0 aliphatic heterocycles. The van der Waals surface area contributed by atoms with Crippen LogP contribution in [0.3, 0.4) is 0 Å². The van der Waals surface area contributed by atoms with Crippen LogP contribution in [0.25, 0.3) is 6.08 Å². The Bertz CT molecular complexity index is 534. The molecule has 0 radical (unpaired) electrons. The molecule has 2 aromatic rings. The molecule has 0 fully saturated rings. The van der Waals surface area contributed by atoms with Crippen molar-refractivity contribution in [1.82, 2.24) is 9.97 Å². The maximum absolute atomic E-state index is 11.5. The first kappa shape index (κ1) is 11.6. The third kappa shape index (κ3) is 3.57. The second kappa shape index (κ2) is 5.45. The fourth-order valence-corrected chi connectivity index (χ4v) is 1.69. The van der Waals surface area contributed by atoms with Gasteiger partial charge in [0, 0.05) is 22.9 Å². The Balaban J connectivity index is 1.99. The van der Waals surface area contributed by atoms with Crippen LogP contribution in [0.5, 0.6) is 0 Å². The number of hydrogen-bond donors (Lipinski definition) is 2. The minimum absolute atomic E-state index is 0.222. The van der Waals surface area contributed by atoms with Crippen LogP contribution in [0.2, 0.25) is 0 Å². The number of amides is 1. The number of imidazole rings is 1. The molecule has 86 valence electrons. The summed E-state index contributed by atoms with van der Waals surface area (Å²) in [6, 6.07) is 7.69. The van der Waals surface area contributed by atoms with Gasteiger partial charge in [0.05, 0.1) is 0 Å². The van der Waals surface area contributed by atoms with Crippen LogP contribution in [0.4, 0.5) is 5.95 Å². The van der Waals surface area contributed by atoms with Crippen LogP contribution in [-0.4, -0.2) is 15.9 Å². The monoisotopic (exact) mass is 291 g/mol. The van der Waals surface area contributed by atoms with Crippen molar-refractivity contribution in [3.8, 4) is 0 Å². The minimum Gasteiger partial charge on any atom is -0.331 e. The lowest BCUT2D eigenvalue weighted by Crippen LogP contribution is -2.08. The van der Waals surface area contributed by atoms with E-state index in [1.807, 2.05) is 24.3 Å². The molecule has 17 heavy (non-hydrogen) atoms. The zero-order chi connectivity index (χ0) is 12.1. The molecule has 0 saturated carbocycles. The van der Waals surface area contributed by atoms with Gasteiger partial charge in [-0.05, 0) is 23.8 Å². The minimum atomic E-state index is -0.222. The predicted octanol–water partition coefficient (Wildman–Crippen LogP) is 2.82. The van der Waals surface area contributed by atoms with Gasteiger partial charge in [-0.25, -0.2) is 4.98 Å². The summed E-state index contributed by atoms with van der Waals surface area (Å²) < 4.78 is 0.978. The predicted molar refractivity (Wildman–Crippen MR) is 70.4 cm³/mol. The summed E-state index contributed by atoms with van der Waals surface area (Å²) in [5.74, 6) is 0.216. The maximum Gasteiger partial charge on any atom is 0.250 e. The molecule has 0 atom stereocenters. The zero-order valence-electron chi connectivity index (χ0n) is 8.85. The van der Waals surface area contributed by atoms with E-state index >= 15 is 0 Å². The normalized spacial score (nSPS) is 10.6. The first-order valence-electron chi connectivity index (χ1n) is 4.98. The summed E-state index contributed by atoms with van der Waals surface area (Å²) in [5, 5.41) is 2.60. The van der Waals surface area contributed by atoms with Crippen molar-refractivity contribution in [2.45, 2.75) is 0 Å². The number of nitrogens with one attached hydrogen (secondary N) is 2. The maximum atomic E-state index is 11.5. The Morgan fingerprint density at radius 3 is 3.06 bits per heavy atom. The number of H-pyrrole nitrogens is 1. The molecule has 1 amide bonds. The van der Waals surface area contributed by atoms with Crippen molar-refractivity contribution in [3.05, 3.63) is 52.8 Å².